The van der Waals surface area contributed by atoms with Crippen molar-refractivity contribution in [2.45, 2.75) is 0 Å². The van der Waals surface area contributed by atoms with Crippen molar-refractivity contribution in [3.63, 3.8) is 0 Å². The topological polar surface area (TPSA) is 87.4 Å². The minimum atomic E-state index is -1.45. The maximum Gasteiger partial charge on any atom is 0.427 e. The standard InChI is InChI=1S/C18H11FN2O5/c19-14-11-20(18(25)26-13-9-5-2-6-10-13)17(24)21(16(14)23)15(22)12-7-3-1-4-8-12/h1-11H. The summed E-state index contributed by atoms with van der Waals surface area (Å²) >= 11 is 0. The second kappa shape index (κ2) is 6.98. The smallest absolute Gasteiger partial charge is 0.410 e. The van der Waals surface area contributed by atoms with Gasteiger partial charge in [-0.25, -0.2) is 9.59 Å². The van der Waals surface area contributed by atoms with Crippen molar-refractivity contribution >= 4 is 12.0 Å². The van der Waals surface area contributed by atoms with E-state index in [1.165, 1.54) is 36.4 Å². The minimum absolute atomic E-state index is 0.0136. The first-order valence-corrected chi connectivity index (χ1v) is 7.40. The molecule has 26 heavy (non-hydrogen) atoms. The van der Waals surface area contributed by atoms with Crippen LogP contribution in [0.4, 0.5) is 9.18 Å². The lowest BCUT2D eigenvalue weighted by molar-refractivity contribution is 0.0947. The minimum Gasteiger partial charge on any atom is -0.410 e. The summed E-state index contributed by atoms with van der Waals surface area (Å²) in [5, 5.41) is 0. The Hall–Kier alpha value is -3.81. The molecule has 2 aromatic carbocycles. The highest BCUT2D eigenvalue weighted by atomic mass is 19.1. The zero-order valence-electron chi connectivity index (χ0n) is 13.2. The Bertz CT molecular complexity index is 1090. The number of nitrogens with zero attached hydrogens (tertiary/aromatic N) is 2. The molecule has 0 saturated heterocycles. The second-order valence-electron chi connectivity index (χ2n) is 5.12. The van der Waals surface area contributed by atoms with Crippen molar-refractivity contribution in [3.05, 3.63) is 99.1 Å². The molecule has 3 rings (SSSR count). The lowest BCUT2D eigenvalue weighted by Gasteiger charge is -2.09. The Morgan fingerprint density at radius 1 is 0.885 bits per heavy atom. The Kier molecular flexibility index (Phi) is 4.57. The van der Waals surface area contributed by atoms with Crippen LogP contribution < -0.4 is 16.0 Å². The first-order chi connectivity index (χ1) is 12.5. The van der Waals surface area contributed by atoms with Gasteiger partial charge in [0.1, 0.15) is 5.75 Å². The zero-order valence-corrected chi connectivity index (χ0v) is 13.2. The molecule has 1 heterocycles. The van der Waals surface area contributed by atoms with Crippen molar-refractivity contribution in [2.24, 2.45) is 0 Å². The Balaban J connectivity index is 2.07. The van der Waals surface area contributed by atoms with Gasteiger partial charge in [-0.15, -0.1) is 0 Å². The summed E-state index contributed by atoms with van der Waals surface area (Å²) in [4.78, 5) is 48.9. The SMILES string of the molecule is O=C(Oc1ccccc1)n1cc(F)c(=O)n(C(=O)c2ccccc2)c1=O. The third-order valence-corrected chi connectivity index (χ3v) is 3.42. The number of aromatic nitrogens is 2. The molecule has 0 N–H and O–H groups in total. The van der Waals surface area contributed by atoms with E-state index in [0.717, 1.165) is 0 Å². The van der Waals surface area contributed by atoms with Crippen LogP contribution in [0.25, 0.3) is 0 Å². The van der Waals surface area contributed by atoms with Crippen molar-refractivity contribution in [3.8, 4) is 5.75 Å². The summed E-state index contributed by atoms with van der Waals surface area (Å²) in [5.41, 5.74) is -2.79. The summed E-state index contributed by atoms with van der Waals surface area (Å²) in [5.74, 6) is -2.39. The van der Waals surface area contributed by atoms with Crippen LogP contribution >= 0.6 is 0 Å². The van der Waals surface area contributed by atoms with Crippen LogP contribution in [0, 0.1) is 5.82 Å². The van der Waals surface area contributed by atoms with Crippen LogP contribution in [0.3, 0.4) is 0 Å². The molecule has 130 valence electrons. The molecule has 0 radical (unpaired) electrons. The van der Waals surface area contributed by atoms with Crippen molar-refractivity contribution < 1.29 is 18.7 Å². The number of ether oxygens (including phenoxy) is 1. The van der Waals surface area contributed by atoms with E-state index in [0.29, 0.717) is 6.20 Å². The van der Waals surface area contributed by atoms with E-state index in [4.69, 9.17) is 4.74 Å². The van der Waals surface area contributed by atoms with E-state index >= 15 is 0 Å². The fraction of sp³-hybridized carbons (Fsp3) is 0. The number of carbonyl (C=O) groups excluding carboxylic acids is 2. The van der Waals surface area contributed by atoms with Crippen LogP contribution in [-0.4, -0.2) is 21.1 Å². The van der Waals surface area contributed by atoms with Gasteiger partial charge in [-0.05, 0) is 24.3 Å². The van der Waals surface area contributed by atoms with Crippen molar-refractivity contribution in [1.29, 1.82) is 0 Å². The predicted octanol–water partition coefficient (Wildman–Crippen LogP) is 1.88. The number of halogens is 1. The van der Waals surface area contributed by atoms with Crippen LogP contribution in [0.15, 0.2) is 76.4 Å². The Morgan fingerprint density at radius 2 is 1.46 bits per heavy atom. The molecule has 0 aliphatic rings. The molecule has 1 aromatic heterocycles. The summed E-state index contributed by atoms with van der Waals surface area (Å²) in [6, 6.07) is 15.1. The van der Waals surface area contributed by atoms with E-state index in [-0.39, 0.29) is 20.4 Å². The van der Waals surface area contributed by atoms with Gasteiger partial charge in [0, 0.05) is 5.56 Å². The average molecular weight is 354 g/mol. The number of benzene rings is 2. The highest BCUT2D eigenvalue weighted by molar-refractivity contribution is 5.95. The molecule has 0 spiro atoms. The molecule has 0 atom stereocenters. The fourth-order valence-corrected chi connectivity index (χ4v) is 2.18. The number of hydrogen-bond donors (Lipinski definition) is 0. The average Bonchev–Trinajstić information content (AvgIpc) is 2.66. The van der Waals surface area contributed by atoms with Crippen LogP contribution in [-0.2, 0) is 0 Å². The lowest BCUT2D eigenvalue weighted by atomic mass is 10.2. The van der Waals surface area contributed by atoms with Gasteiger partial charge in [-0.1, -0.05) is 36.4 Å². The van der Waals surface area contributed by atoms with Crippen LogP contribution in [0.2, 0.25) is 0 Å². The Morgan fingerprint density at radius 3 is 2.08 bits per heavy atom. The van der Waals surface area contributed by atoms with Gasteiger partial charge < -0.3 is 4.74 Å². The van der Waals surface area contributed by atoms with Crippen molar-refractivity contribution in [1.82, 2.24) is 9.13 Å². The first-order valence-electron chi connectivity index (χ1n) is 7.40. The molecule has 0 saturated carbocycles. The van der Waals surface area contributed by atoms with Gasteiger partial charge in [-0.3, -0.25) is 9.59 Å². The summed E-state index contributed by atoms with van der Waals surface area (Å²) in [6.45, 7) is 0. The molecule has 0 unspecified atom stereocenters. The normalized spacial score (nSPS) is 10.3. The first kappa shape index (κ1) is 17.0. The molecule has 0 bridgehead atoms. The van der Waals surface area contributed by atoms with Gasteiger partial charge in [-0.2, -0.15) is 13.5 Å². The summed E-state index contributed by atoms with van der Waals surface area (Å²) < 4.78 is 19.2. The van der Waals surface area contributed by atoms with Gasteiger partial charge in [0.15, 0.2) is 0 Å². The van der Waals surface area contributed by atoms with E-state index < -0.39 is 29.1 Å². The number of rotatable bonds is 2. The molecule has 0 fully saturated rings. The highest BCUT2D eigenvalue weighted by Crippen LogP contribution is 2.09. The van der Waals surface area contributed by atoms with Gasteiger partial charge >= 0.3 is 11.8 Å². The fourth-order valence-electron chi connectivity index (χ4n) is 2.18. The monoisotopic (exact) mass is 354 g/mol. The van der Waals surface area contributed by atoms with Crippen molar-refractivity contribution in [2.75, 3.05) is 0 Å². The number of carbonyl (C=O) groups is 2. The van der Waals surface area contributed by atoms with Gasteiger partial charge in [0.05, 0.1) is 6.20 Å². The maximum absolute atomic E-state index is 13.9. The molecule has 0 amide bonds. The predicted molar refractivity (Wildman–Crippen MR) is 89.0 cm³/mol. The summed E-state index contributed by atoms with van der Waals surface area (Å²) in [6.07, 6.45) is -0.861. The molecule has 0 aliphatic carbocycles. The lowest BCUT2D eigenvalue weighted by Crippen LogP contribution is -2.47. The third-order valence-electron chi connectivity index (χ3n) is 3.42. The summed E-state index contributed by atoms with van der Waals surface area (Å²) in [7, 11) is 0. The second-order valence-corrected chi connectivity index (χ2v) is 5.12. The molecule has 8 heteroatoms. The van der Waals surface area contributed by atoms with E-state index in [9.17, 15) is 23.6 Å². The Labute approximate surface area is 145 Å². The van der Waals surface area contributed by atoms with Crippen LogP contribution in [0.1, 0.15) is 10.4 Å². The molecule has 3 aromatic rings. The third kappa shape index (κ3) is 3.20. The van der Waals surface area contributed by atoms with E-state index in [1.807, 2.05) is 0 Å². The molecule has 0 aliphatic heterocycles. The maximum atomic E-state index is 13.9. The van der Waals surface area contributed by atoms with Gasteiger partial charge in [0.25, 0.3) is 11.5 Å². The van der Waals surface area contributed by atoms with E-state index in [1.54, 1.807) is 24.3 Å². The molecule has 7 nitrogen and oxygen atoms in total. The van der Waals surface area contributed by atoms with E-state index in [2.05, 4.69) is 0 Å². The molecular formula is C18H11FN2O5. The zero-order chi connectivity index (χ0) is 18.7. The quantitative estimate of drug-likeness (QED) is 0.701. The van der Waals surface area contributed by atoms with Gasteiger partial charge in [0.2, 0.25) is 5.82 Å². The number of hydrogen-bond acceptors (Lipinski definition) is 5. The molecular weight excluding hydrogens is 343 g/mol. The number of para-hydroxylation sites is 1. The largest absolute Gasteiger partial charge is 0.427 e. The van der Waals surface area contributed by atoms with Crippen LogP contribution in [0.5, 0.6) is 5.75 Å². The highest BCUT2D eigenvalue weighted by Gasteiger charge is 2.22.